The van der Waals surface area contributed by atoms with Crippen LogP contribution in [0.5, 0.6) is 0 Å². The van der Waals surface area contributed by atoms with Gasteiger partial charge in [-0.05, 0) is 4.92 Å². The SMILES string of the molecule is CNc1nccc([N+](=O)[O-])n1. The van der Waals surface area contributed by atoms with Crippen LogP contribution in [0.25, 0.3) is 0 Å². The van der Waals surface area contributed by atoms with E-state index in [0.29, 0.717) is 0 Å². The summed E-state index contributed by atoms with van der Waals surface area (Å²) in [5, 5.41) is 12.8. The molecule has 6 nitrogen and oxygen atoms in total. The second kappa shape index (κ2) is 2.91. The van der Waals surface area contributed by atoms with E-state index in [1.165, 1.54) is 12.3 Å². The molecule has 0 amide bonds. The van der Waals surface area contributed by atoms with Gasteiger partial charge in [0.25, 0.3) is 0 Å². The predicted molar refractivity (Wildman–Crippen MR) is 38.2 cm³/mol. The molecule has 0 unspecified atom stereocenters. The van der Waals surface area contributed by atoms with Gasteiger partial charge < -0.3 is 15.4 Å². The van der Waals surface area contributed by atoms with E-state index < -0.39 is 4.92 Å². The molecule has 0 atom stereocenters. The molecule has 0 spiro atoms. The zero-order chi connectivity index (χ0) is 8.27. The van der Waals surface area contributed by atoms with Crippen molar-refractivity contribution in [3.63, 3.8) is 0 Å². The average Bonchev–Trinajstić information content (AvgIpc) is 2.05. The van der Waals surface area contributed by atoms with Gasteiger partial charge in [0.15, 0.2) is 0 Å². The molecule has 58 valence electrons. The molecule has 0 radical (unpaired) electrons. The monoisotopic (exact) mass is 154 g/mol. The van der Waals surface area contributed by atoms with Gasteiger partial charge in [0.1, 0.15) is 0 Å². The molecule has 11 heavy (non-hydrogen) atoms. The maximum Gasteiger partial charge on any atom is 0.369 e. The van der Waals surface area contributed by atoms with E-state index in [1.54, 1.807) is 7.05 Å². The minimum Gasteiger partial charge on any atom is -0.358 e. The minimum atomic E-state index is -0.567. The van der Waals surface area contributed by atoms with Gasteiger partial charge in [-0.15, -0.1) is 0 Å². The second-order valence-electron chi connectivity index (χ2n) is 1.75. The molecule has 0 saturated heterocycles. The van der Waals surface area contributed by atoms with E-state index in [1.807, 2.05) is 0 Å². The molecule has 0 saturated carbocycles. The maximum absolute atomic E-state index is 10.2. The van der Waals surface area contributed by atoms with E-state index in [4.69, 9.17) is 0 Å². The van der Waals surface area contributed by atoms with Crippen molar-refractivity contribution in [1.29, 1.82) is 0 Å². The predicted octanol–water partition coefficient (Wildman–Crippen LogP) is 0.426. The Kier molecular flexibility index (Phi) is 1.95. The van der Waals surface area contributed by atoms with Crippen molar-refractivity contribution < 1.29 is 4.92 Å². The van der Waals surface area contributed by atoms with E-state index in [2.05, 4.69) is 15.3 Å². The Morgan fingerprint density at radius 1 is 1.73 bits per heavy atom. The van der Waals surface area contributed by atoms with E-state index in [9.17, 15) is 10.1 Å². The van der Waals surface area contributed by atoms with Gasteiger partial charge in [-0.3, -0.25) is 0 Å². The van der Waals surface area contributed by atoms with Gasteiger partial charge in [0, 0.05) is 18.2 Å². The normalized spacial score (nSPS) is 9.18. The highest BCUT2D eigenvalue weighted by Gasteiger charge is 2.07. The first-order valence-corrected chi connectivity index (χ1v) is 2.89. The number of nitro groups is 1. The highest BCUT2D eigenvalue weighted by Crippen LogP contribution is 2.06. The third-order valence-electron chi connectivity index (χ3n) is 1.05. The van der Waals surface area contributed by atoms with Crippen molar-refractivity contribution >= 4 is 11.8 Å². The van der Waals surface area contributed by atoms with Gasteiger partial charge in [-0.1, -0.05) is 0 Å². The van der Waals surface area contributed by atoms with E-state index in [0.717, 1.165) is 0 Å². The van der Waals surface area contributed by atoms with Crippen LogP contribution in [-0.2, 0) is 0 Å². The Bertz CT molecular complexity index is 275. The first kappa shape index (κ1) is 7.39. The fourth-order valence-electron chi connectivity index (χ4n) is 0.571. The number of nitrogens with one attached hydrogen (secondary N) is 1. The summed E-state index contributed by atoms with van der Waals surface area (Å²) >= 11 is 0. The van der Waals surface area contributed by atoms with Gasteiger partial charge >= 0.3 is 11.8 Å². The van der Waals surface area contributed by atoms with Crippen LogP contribution < -0.4 is 5.32 Å². The number of aromatic nitrogens is 2. The van der Waals surface area contributed by atoms with Crippen LogP contribution in [0.1, 0.15) is 0 Å². The summed E-state index contributed by atoms with van der Waals surface area (Å²) in [6, 6.07) is 1.24. The van der Waals surface area contributed by atoms with Gasteiger partial charge in [-0.25, -0.2) is 0 Å². The molecule has 1 N–H and O–H groups in total. The summed E-state index contributed by atoms with van der Waals surface area (Å²) in [4.78, 5) is 16.9. The number of rotatable bonds is 2. The van der Waals surface area contributed by atoms with Crippen LogP contribution in [0, 0.1) is 10.1 Å². The number of anilines is 1. The Labute approximate surface area is 62.4 Å². The molecule has 0 aromatic carbocycles. The Balaban J connectivity index is 3.01. The average molecular weight is 154 g/mol. The topological polar surface area (TPSA) is 81.0 Å². The van der Waals surface area contributed by atoms with E-state index in [-0.39, 0.29) is 11.8 Å². The van der Waals surface area contributed by atoms with Crippen LogP contribution in [0.4, 0.5) is 11.8 Å². The lowest BCUT2D eigenvalue weighted by molar-refractivity contribution is -0.389. The molecule has 6 heteroatoms. The number of hydrogen-bond donors (Lipinski definition) is 1. The third-order valence-corrected chi connectivity index (χ3v) is 1.05. The summed E-state index contributed by atoms with van der Waals surface area (Å²) < 4.78 is 0. The van der Waals surface area contributed by atoms with Crippen molar-refractivity contribution in [3.05, 3.63) is 22.4 Å². The first-order valence-electron chi connectivity index (χ1n) is 2.89. The number of nitrogens with zero attached hydrogens (tertiary/aromatic N) is 3. The van der Waals surface area contributed by atoms with Crippen LogP contribution in [0.3, 0.4) is 0 Å². The lowest BCUT2D eigenvalue weighted by Gasteiger charge is -1.92. The molecular weight excluding hydrogens is 148 g/mol. The highest BCUT2D eigenvalue weighted by atomic mass is 16.6. The standard InChI is InChI=1S/C5H6N4O2/c1-6-5-7-3-2-4(8-5)9(10)11/h2-3H,1H3,(H,6,7,8). The van der Waals surface area contributed by atoms with Gasteiger partial charge in [0.05, 0.1) is 6.07 Å². The summed E-state index contributed by atoms with van der Waals surface area (Å²) in [6.07, 6.45) is 1.33. The fourth-order valence-corrected chi connectivity index (χ4v) is 0.571. The maximum atomic E-state index is 10.2. The Morgan fingerprint density at radius 3 is 3.00 bits per heavy atom. The largest absolute Gasteiger partial charge is 0.369 e. The van der Waals surface area contributed by atoms with Crippen molar-refractivity contribution in [2.24, 2.45) is 0 Å². The van der Waals surface area contributed by atoms with Crippen LogP contribution in [0.15, 0.2) is 12.3 Å². The van der Waals surface area contributed by atoms with Crippen molar-refractivity contribution in [1.82, 2.24) is 9.97 Å². The van der Waals surface area contributed by atoms with Crippen molar-refractivity contribution in [2.45, 2.75) is 0 Å². The molecule has 1 rings (SSSR count). The van der Waals surface area contributed by atoms with Crippen molar-refractivity contribution in [3.8, 4) is 0 Å². The van der Waals surface area contributed by atoms with E-state index >= 15 is 0 Å². The third kappa shape index (κ3) is 1.60. The molecule has 1 heterocycles. The lowest BCUT2D eigenvalue weighted by atomic mass is 10.6. The molecule has 0 aliphatic heterocycles. The first-order chi connectivity index (χ1) is 5.24. The summed E-state index contributed by atoms with van der Waals surface area (Å²) in [7, 11) is 1.60. The quantitative estimate of drug-likeness (QED) is 0.493. The molecule has 1 aromatic heterocycles. The molecule has 1 aromatic rings. The zero-order valence-electron chi connectivity index (χ0n) is 5.81. The van der Waals surface area contributed by atoms with Gasteiger partial charge in [-0.2, -0.15) is 4.98 Å². The summed E-state index contributed by atoms with van der Waals surface area (Å²) in [5.74, 6) is 0.0450. The van der Waals surface area contributed by atoms with Gasteiger partial charge in [0.2, 0.25) is 0 Å². The minimum absolute atomic E-state index is 0.204. The molecule has 0 fully saturated rings. The lowest BCUT2D eigenvalue weighted by Crippen LogP contribution is -1.98. The Morgan fingerprint density at radius 2 is 2.45 bits per heavy atom. The fraction of sp³-hybridized carbons (Fsp3) is 0.200. The molecule has 0 aliphatic carbocycles. The summed E-state index contributed by atoms with van der Waals surface area (Å²) in [6.45, 7) is 0. The molecule has 0 bridgehead atoms. The number of hydrogen-bond acceptors (Lipinski definition) is 5. The molecule has 0 aliphatic rings. The van der Waals surface area contributed by atoms with Crippen LogP contribution in [-0.4, -0.2) is 21.9 Å². The second-order valence-corrected chi connectivity index (χ2v) is 1.75. The smallest absolute Gasteiger partial charge is 0.358 e. The zero-order valence-corrected chi connectivity index (χ0v) is 5.81. The Hall–Kier alpha value is -1.72. The van der Waals surface area contributed by atoms with Crippen LogP contribution >= 0.6 is 0 Å². The van der Waals surface area contributed by atoms with Crippen molar-refractivity contribution in [2.75, 3.05) is 12.4 Å². The highest BCUT2D eigenvalue weighted by molar-refractivity contribution is 5.29. The summed E-state index contributed by atoms with van der Waals surface area (Å²) in [5.41, 5.74) is 0. The van der Waals surface area contributed by atoms with Crippen LogP contribution in [0.2, 0.25) is 0 Å². The molecular formula is C5H6N4O2.